The van der Waals surface area contributed by atoms with Crippen LogP contribution in [0.15, 0.2) is 73.3 Å². The summed E-state index contributed by atoms with van der Waals surface area (Å²) >= 11 is 0. The van der Waals surface area contributed by atoms with Crippen LogP contribution in [-0.2, 0) is 6.42 Å². The Morgan fingerprint density at radius 1 is 0.971 bits per heavy atom. The van der Waals surface area contributed by atoms with E-state index in [0.29, 0.717) is 47.8 Å². The molecule has 35 heavy (non-hydrogen) atoms. The molecule has 0 saturated heterocycles. The molecular weight excluding hydrogens is 445 g/mol. The van der Waals surface area contributed by atoms with Gasteiger partial charge in [0.1, 0.15) is 11.6 Å². The summed E-state index contributed by atoms with van der Waals surface area (Å²) in [5, 5.41) is 0. The molecule has 1 nitrogen and oxygen atoms in total. The predicted molar refractivity (Wildman–Crippen MR) is 137 cm³/mol. The molecule has 3 aromatic carbocycles. The van der Waals surface area contributed by atoms with Crippen LogP contribution in [0.2, 0.25) is 0 Å². The standard InChI is InChI=1S/C31H31F3O/c1-3-4-19-35-26-16-18-27(29(32)20-26)23-12-7-22(8-13-23)9-14-25-15-17-28(31(34)30(25)33)24-10-5-21(2)6-11-24/h3,5-6,10-12,15-18,20,22H,1,4,7-9,13-14,19H2,2H3. The molecule has 0 amide bonds. The molecule has 0 aromatic heterocycles. The number of ether oxygens (including phenoxy) is 1. The molecule has 0 saturated carbocycles. The Morgan fingerprint density at radius 3 is 2.43 bits per heavy atom. The topological polar surface area (TPSA) is 9.23 Å². The first-order valence-electron chi connectivity index (χ1n) is 12.2. The first kappa shape index (κ1) is 24.8. The molecule has 4 rings (SSSR count). The summed E-state index contributed by atoms with van der Waals surface area (Å²) in [6, 6.07) is 15.8. The Balaban J connectivity index is 1.36. The maximum absolute atomic E-state index is 14.8. The number of hydrogen-bond acceptors (Lipinski definition) is 1. The third-order valence-electron chi connectivity index (χ3n) is 6.74. The number of hydrogen-bond donors (Lipinski definition) is 0. The van der Waals surface area contributed by atoms with Gasteiger partial charge < -0.3 is 4.74 Å². The van der Waals surface area contributed by atoms with Crippen molar-refractivity contribution in [3.8, 4) is 16.9 Å². The average Bonchev–Trinajstić information content (AvgIpc) is 2.86. The van der Waals surface area contributed by atoms with Gasteiger partial charge in [-0.1, -0.05) is 54.1 Å². The lowest BCUT2D eigenvalue weighted by atomic mass is 9.83. The molecule has 1 aliphatic carbocycles. The quantitative estimate of drug-likeness (QED) is 0.221. The maximum Gasteiger partial charge on any atom is 0.166 e. The Labute approximate surface area is 206 Å². The largest absolute Gasteiger partial charge is 0.493 e. The highest BCUT2D eigenvalue weighted by Crippen LogP contribution is 2.35. The van der Waals surface area contributed by atoms with E-state index in [1.807, 2.05) is 31.2 Å². The van der Waals surface area contributed by atoms with Gasteiger partial charge in [0.15, 0.2) is 11.6 Å². The van der Waals surface area contributed by atoms with Gasteiger partial charge in [-0.25, -0.2) is 13.2 Å². The van der Waals surface area contributed by atoms with E-state index in [0.717, 1.165) is 36.8 Å². The zero-order chi connectivity index (χ0) is 24.8. The van der Waals surface area contributed by atoms with Crippen LogP contribution in [0.25, 0.3) is 16.7 Å². The Kier molecular flexibility index (Phi) is 8.12. The first-order chi connectivity index (χ1) is 17.0. The maximum atomic E-state index is 14.8. The van der Waals surface area contributed by atoms with Gasteiger partial charge in [-0.2, -0.15) is 0 Å². The summed E-state index contributed by atoms with van der Waals surface area (Å²) in [5.74, 6) is -0.943. The molecule has 1 unspecified atom stereocenters. The van der Waals surface area contributed by atoms with Crippen LogP contribution in [0.4, 0.5) is 13.2 Å². The summed E-state index contributed by atoms with van der Waals surface area (Å²) < 4.78 is 49.7. The van der Waals surface area contributed by atoms with Crippen molar-refractivity contribution < 1.29 is 17.9 Å². The second kappa shape index (κ2) is 11.4. The van der Waals surface area contributed by atoms with E-state index in [2.05, 4.69) is 12.7 Å². The van der Waals surface area contributed by atoms with Crippen LogP contribution in [0.1, 0.15) is 48.8 Å². The number of aryl methyl sites for hydroxylation is 2. The van der Waals surface area contributed by atoms with Gasteiger partial charge in [0.25, 0.3) is 0 Å². The zero-order valence-electron chi connectivity index (χ0n) is 20.1. The van der Waals surface area contributed by atoms with E-state index < -0.39 is 11.6 Å². The normalized spacial score (nSPS) is 15.5. The van der Waals surface area contributed by atoms with Gasteiger partial charge in [0, 0.05) is 17.2 Å². The van der Waals surface area contributed by atoms with Crippen molar-refractivity contribution in [3.63, 3.8) is 0 Å². The smallest absolute Gasteiger partial charge is 0.166 e. The van der Waals surface area contributed by atoms with Crippen LogP contribution in [0, 0.1) is 30.3 Å². The van der Waals surface area contributed by atoms with Crippen LogP contribution < -0.4 is 4.74 Å². The minimum atomic E-state index is -0.787. The fourth-order valence-corrected chi connectivity index (χ4v) is 4.60. The van der Waals surface area contributed by atoms with Crippen LogP contribution in [0.3, 0.4) is 0 Å². The second-order valence-electron chi connectivity index (χ2n) is 9.24. The average molecular weight is 477 g/mol. The van der Waals surface area contributed by atoms with Crippen molar-refractivity contribution in [1.29, 1.82) is 0 Å². The van der Waals surface area contributed by atoms with E-state index in [9.17, 15) is 13.2 Å². The molecule has 3 aromatic rings. The molecule has 0 aliphatic heterocycles. The molecule has 182 valence electrons. The summed E-state index contributed by atoms with van der Waals surface area (Å²) in [4.78, 5) is 0. The van der Waals surface area contributed by atoms with Gasteiger partial charge >= 0.3 is 0 Å². The van der Waals surface area contributed by atoms with Crippen molar-refractivity contribution in [2.45, 2.75) is 45.4 Å². The minimum absolute atomic E-state index is 0.281. The monoisotopic (exact) mass is 476 g/mol. The third-order valence-corrected chi connectivity index (χ3v) is 6.74. The molecule has 4 heteroatoms. The molecule has 0 fully saturated rings. The third kappa shape index (κ3) is 6.05. The van der Waals surface area contributed by atoms with Gasteiger partial charge in [0.2, 0.25) is 0 Å². The summed E-state index contributed by atoms with van der Waals surface area (Å²) in [6.07, 6.45) is 8.27. The summed E-state index contributed by atoms with van der Waals surface area (Å²) in [6.45, 7) is 6.09. The lowest BCUT2D eigenvalue weighted by Gasteiger charge is -2.23. The lowest BCUT2D eigenvalue weighted by molar-refractivity contribution is 0.323. The van der Waals surface area contributed by atoms with Crippen molar-refractivity contribution in [2.75, 3.05) is 6.61 Å². The Bertz CT molecular complexity index is 1210. The van der Waals surface area contributed by atoms with Crippen molar-refractivity contribution in [1.82, 2.24) is 0 Å². The number of rotatable bonds is 9. The number of halogens is 3. The molecule has 0 spiro atoms. The van der Waals surface area contributed by atoms with E-state index >= 15 is 0 Å². The zero-order valence-corrected chi connectivity index (χ0v) is 20.1. The van der Waals surface area contributed by atoms with Crippen molar-refractivity contribution >= 4 is 5.57 Å². The SMILES string of the molecule is C=CCCOc1ccc(C2=CCC(CCc3ccc(-c4ccc(C)cc4)c(F)c3F)CC2)c(F)c1. The van der Waals surface area contributed by atoms with Crippen LogP contribution in [-0.4, -0.2) is 6.61 Å². The highest BCUT2D eigenvalue weighted by Gasteiger charge is 2.20. The first-order valence-corrected chi connectivity index (χ1v) is 12.2. The summed E-state index contributed by atoms with van der Waals surface area (Å²) in [5.41, 5.74) is 4.05. The van der Waals surface area contributed by atoms with Crippen LogP contribution >= 0.6 is 0 Å². The lowest BCUT2D eigenvalue weighted by Crippen LogP contribution is -2.08. The highest BCUT2D eigenvalue weighted by molar-refractivity contribution is 5.67. The minimum Gasteiger partial charge on any atom is -0.493 e. The molecule has 0 heterocycles. The summed E-state index contributed by atoms with van der Waals surface area (Å²) in [7, 11) is 0. The molecule has 0 radical (unpaired) electrons. The van der Waals surface area contributed by atoms with E-state index in [1.165, 1.54) is 6.07 Å². The van der Waals surface area contributed by atoms with Crippen molar-refractivity contribution in [2.24, 2.45) is 5.92 Å². The Morgan fingerprint density at radius 2 is 1.74 bits per heavy atom. The van der Waals surface area contributed by atoms with Gasteiger partial charge in [0.05, 0.1) is 6.61 Å². The fraction of sp³-hybridized carbons (Fsp3) is 0.290. The Hall–Kier alpha value is -3.27. The fourth-order valence-electron chi connectivity index (χ4n) is 4.60. The number of benzene rings is 3. The number of allylic oxidation sites excluding steroid dienone is 2. The molecule has 0 N–H and O–H groups in total. The molecule has 1 atom stereocenters. The molecule has 0 bridgehead atoms. The molecule has 1 aliphatic rings. The van der Waals surface area contributed by atoms with Gasteiger partial charge in [-0.05, 0) is 80.2 Å². The van der Waals surface area contributed by atoms with E-state index in [-0.39, 0.29) is 11.4 Å². The van der Waals surface area contributed by atoms with Gasteiger partial charge in [-0.15, -0.1) is 6.58 Å². The predicted octanol–water partition coefficient (Wildman–Crippen LogP) is 8.85. The van der Waals surface area contributed by atoms with Crippen LogP contribution in [0.5, 0.6) is 5.75 Å². The second-order valence-corrected chi connectivity index (χ2v) is 9.24. The molecular formula is C31H31F3O. The highest BCUT2D eigenvalue weighted by atomic mass is 19.2. The van der Waals surface area contributed by atoms with E-state index in [4.69, 9.17) is 4.74 Å². The van der Waals surface area contributed by atoms with Crippen molar-refractivity contribution in [3.05, 3.63) is 107 Å². The van der Waals surface area contributed by atoms with E-state index in [1.54, 1.807) is 30.3 Å². The van der Waals surface area contributed by atoms with Gasteiger partial charge in [-0.3, -0.25) is 0 Å².